The van der Waals surface area contributed by atoms with Crippen LogP contribution in [0.5, 0.6) is 0 Å². The molecule has 0 fully saturated rings. The number of amides is 2. The van der Waals surface area contributed by atoms with E-state index in [1.165, 1.54) is 21.3 Å². The van der Waals surface area contributed by atoms with Gasteiger partial charge in [0.1, 0.15) is 11.9 Å². The summed E-state index contributed by atoms with van der Waals surface area (Å²) in [6.45, 7) is 5.85. The molecule has 9 heteroatoms. The van der Waals surface area contributed by atoms with Gasteiger partial charge in [-0.05, 0) is 68.0 Å². The summed E-state index contributed by atoms with van der Waals surface area (Å²) >= 11 is 0. The maximum Gasteiger partial charge on any atom is 0.265 e. The molecule has 0 aromatic heterocycles. The normalized spacial score (nSPS) is 14.5. The predicted octanol–water partition coefficient (Wildman–Crippen LogP) is 5.82. The summed E-state index contributed by atoms with van der Waals surface area (Å²) in [7, 11) is -3.75. The Labute approximate surface area is 252 Å². The molecule has 1 N–H and O–H groups in total. The first-order chi connectivity index (χ1) is 20.4. The van der Waals surface area contributed by atoms with Crippen molar-refractivity contribution in [2.24, 2.45) is 0 Å². The smallest absolute Gasteiger partial charge is 0.265 e. The van der Waals surface area contributed by atoms with Crippen LogP contribution in [0.25, 0.3) is 10.8 Å². The molecule has 0 spiro atoms. The highest BCUT2D eigenvalue weighted by atomic mass is 32.2. The highest BCUT2D eigenvalue weighted by Crippen LogP contribution is 2.42. The van der Waals surface area contributed by atoms with Crippen LogP contribution in [-0.2, 0) is 32.6 Å². The maximum absolute atomic E-state index is 14.0. The Balaban J connectivity index is 1.40. The van der Waals surface area contributed by atoms with Gasteiger partial charge in [0.25, 0.3) is 10.0 Å². The van der Waals surface area contributed by atoms with Crippen molar-refractivity contribution in [3.63, 3.8) is 0 Å². The second-order valence-electron chi connectivity index (χ2n) is 11.9. The highest BCUT2D eigenvalue weighted by molar-refractivity contribution is 7.93. The quantitative estimate of drug-likeness (QED) is 0.248. The Kier molecular flexibility index (Phi) is 8.55. The fourth-order valence-corrected chi connectivity index (χ4v) is 7.26. The van der Waals surface area contributed by atoms with E-state index in [2.05, 4.69) is 5.32 Å². The third-order valence-electron chi connectivity index (χ3n) is 7.47. The molecule has 0 aliphatic carbocycles. The summed E-state index contributed by atoms with van der Waals surface area (Å²) in [5, 5.41) is 4.56. The minimum Gasteiger partial charge on any atom is -0.350 e. The van der Waals surface area contributed by atoms with Crippen molar-refractivity contribution in [3.8, 4) is 0 Å². The summed E-state index contributed by atoms with van der Waals surface area (Å²) in [5.41, 5.74) is 1.65. The molecule has 0 saturated heterocycles. The SMILES string of the molecule is CC(C)(C)NC(=O)[C@H](Cc1ccccc1)N(Cc1ccc(F)cc1)C(=O)CCCN1c2cccc3cccc(c23)S1(=O)=O. The predicted molar refractivity (Wildman–Crippen MR) is 166 cm³/mol. The summed E-state index contributed by atoms with van der Waals surface area (Å²) in [6, 6.07) is 25.2. The zero-order valence-electron chi connectivity index (χ0n) is 24.6. The number of carbonyl (C=O) groups excluding carboxylic acids is 2. The molecule has 0 unspecified atom stereocenters. The van der Waals surface area contributed by atoms with E-state index in [9.17, 15) is 22.4 Å². The maximum atomic E-state index is 14.0. The van der Waals surface area contributed by atoms with E-state index in [1.807, 2.05) is 69.3 Å². The molecular weight excluding hydrogens is 565 g/mol. The van der Waals surface area contributed by atoms with Crippen LogP contribution in [0.2, 0.25) is 0 Å². The summed E-state index contributed by atoms with van der Waals surface area (Å²) < 4.78 is 41.9. The number of sulfonamides is 1. The van der Waals surface area contributed by atoms with E-state index in [0.717, 1.165) is 10.9 Å². The summed E-state index contributed by atoms with van der Waals surface area (Å²) in [4.78, 5) is 29.5. The molecule has 4 aromatic rings. The lowest BCUT2D eigenvalue weighted by Gasteiger charge is -2.34. The fourth-order valence-electron chi connectivity index (χ4n) is 5.51. The molecule has 0 radical (unpaired) electrons. The van der Waals surface area contributed by atoms with E-state index < -0.39 is 27.4 Å². The van der Waals surface area contributed by atoms with E-state index in [4.69, 9.17) is 0 Å². The first-order valence-corrected chi connectivity index (χ1v) is 15.8. The fraction of sp³-hybridized carbons (Fsp3) is 0.294. The average Bonchev–Trinajstić information content (AvgIpc) is 3.18. The van der Waals surface area contributed by atoms with E-state index in [1.54, 1.807) is 30.3 Å². The second kappa shape index (κ2) is 12.2. The Morgan fingerprint density at radius 1 is 0.884 bits per heavy atom. The van der Waals surface area contributed by atoms with Crippen LogP contribution in [-0.4, -0.2) is 43.3 Å². The number of hydrogen-bond acceptors (Lipinski definition) is 4. The van der Waals surface area contributed by atoms with E-state index >= 15 is 0 Å². The highest BCUT2D eigenvalue weighted by Gasteiger charge is 2.36. The van der Waals surface area contributed by atoms with Gasteiger partial charge >= 0.3 is 0 Å². The number of benzene rings is 4. The molecule has 43 heavy (non-hydrogen) atoms. The van der Waals surface area contributed by atoms with Crippen LogP contribution >= 0.6 is 0 Å². The van der Waals surface area contributed by atoms with Crippen LogP contribution in [0.3, 0.4) is 0 Å². The first kappa shape index (κ1) is 30.2. The van der Waals surface area contributed by atoms with Crippen LogP contribution in [0.4, 0.5) is 10.1 Å². The van der Waals surface area contributed by atoms with Crippen molar-refractivity contribution in [2.75, 3.05) is 10.8 Å². The number of anilines is 1. The lowest BCUT2D eigenvalue weighted by Crippen LogP contribution is -2.54. The third kappa shape index (κ3) is 6.72. The molecule has 1 aliphatic heterocycles. The Morgan fingerprint density at radius 3 is 2.23 bits per heavy atom. The molecule has 1 atom stereocenters. The van der Waals surface area contributed by atoms with Gasteiger partial charge in [-0.3, -0.25) is 13.9 Å². The van der Waals surface area contributed by atoms with Crippen LogP contribution in [0.15, 0.2) is 95.9 Å². The molecule has 1 heterocycles. The van der Waals surface area contributed by atoms with Crippen LogP contribution < -0.4 is 9.62 Å². The number of rotatable bonds is 10. The van der Waals surface area contributed by atoms with Crippen LogP contribution in [0.1, 0.15) is 44.7 Å². The monoisotopic (exact) mass is 601 g/mol. The van der Waals surface area contributed by atoms with Crippen molar-refractivity contribution in [3.05, 3.63) is 108 Å². The van der Waals surface area contributed by atoms with Crippen molar-refractivity contribution < 1.29 is 22.4 Å². The molecule has 0 bridgehead atoms. The summed E-state index contributed by atoms with van der Waals surface area (Å²) in [6.07, 6.45) is 0.558. The topological polar surface area (TPSA) is 86.8 Å². The lowest BCUT2D eigenvalue weighted by molar-refractivity contribution is -0.142. The lowest BCUT2D eigenvalue weighted by atomic mass is 10.00. The minimum absolute atomic E-state index is 0.0215. The van der Waals surface area contributed by atoms with Gasteiger partial charge in [0.05, 0.1) is 10.6 Å². The molecular formula is C34H36FN3O4S. The molecule has 0 saturated carbocycles. The van der Waals surface area contributed by atoms with Crippen molar-refractivity contribution in [2.45, 2.75) is 63.1 Å². The molecule has 1 aliphatic rings. The minimum atomic E-state index is -3.75. The number of halogens is 1. The van der Waals surface area contributed by atoms with E-state index in [0.29, 0.717) is 16.6 Å². The number of nitrogens with one attached hydrogen (secondary N) is 1. The molecule has 224 valence electrons. The van der Waals surface area contributed by atoms with Gasteiger partial charge in [0, 0.05) is 36.9 Å². The Bertz CT molecular complexity index is 1730. The van der Waals surface area contributed by atoms with Crippen molar-refractivity contribution >= 4 is 38.3 Å². The van der Waals surface area contributed by atoms with Gasteiger partial charge in [-0.15, -0.1) is 0 Å². The van der Waals surface area contributed by atoms with Crippen molar-refractivity contribution in [1.29, 1.82) is 0 Å². The van der Waals surface area contributed by atoms with Gasteiger partial charge in [0.15, 0.2) is 0 Å². The number of hydrogen-bond donors (Lipinski definition) is 1. The summed E-state index contributed by atoms with van der Waals surface area (Å²) in [5.74, 6) is -0.978. The Morgan fingerprint density at radius 2 is 1.56 bits per heavy atom. The molecule has 2 amide bonds. The van der Waals surface area contributed by atoms with Gasteiger partial charge < -0.3 is 10.2 Å². The first-order valence-electron chi connectivity index (χ1n) is 14.4. The molecule has 7 nitrogen and oxygen atoms in total. The number of carbonyl (C=O) groups is 2. The molecule has 4 aromatic carbocycles. The zero-order chi connectivity index (χ0) is 30.8. The van der Waals surface area contributed by atoms with Crippen LogP contribution in [0, 0.1) is 5.82 Å². The largest absolute Gasteiger partial charge is 0.350 e. The van der Waals surface area contributed by atoms with Gasteiger partial charge in [-0.2, -0.15) is 0 Å². The zero-order valence-corrected chi connectivity index (χ0v) is 25.4. The second-order valence-corrected chi connectivity index (χ2v) is 13.7. The van der Waals surface area contributed by atoms with Gasteiger partial charge in [0.2, 0.25) is 11.8 Å². The van der Waals surface area contributed by atoms with Gasteiger partial charge in [-0.1, -0.05) is 66.7 Å². The van der Waals surface area contributed by atoms with Crippen molar-refractivity contribution in [1.82, 2.24) is 10.2 Å². The third-order valence-corrected chi connectivity index (χ3v) is 9.32. The Hall–Kier alpha value is -4.24. The number of nitrogens with zero attached hydrogens (tertiary/aromatic N) is 2. The van der Waals surface area contributed by atoms with E-state index in [-0.39, 0.29) is 49.1 Å². The average molecular weight is 602 g/mol. The van der Waals surface area contributed by atoms with Gasteiger partial charge in [-0.25, -0.2) is 12.8 Å². The standard InChI is InChI=1S/C34H36FN3O4S/c1-34(2,3)36-33(40)29(22-24-10-5-4-6-11-24)37(23-25-17-19-27(35)20-18-25)31(39)16-9-21-38-28-14-7-12-26-13-8-15-30(32(26)28)43(38,41)42/h4-8,10-15,17-20,29H,9,16,21-23H2,1-3H3,(H,36,40)/t29-/m0/s1. The molecule has 5 rings (SSSR count).